The average molecular weight is 303 g/mol. The van der Waals surface area contributed by atoms with Crippen molar-refractivity contribution in [2.75, 3.05) is 12.3 Å². The minimum atomic E-state index is 0.0157. The fraction of sp³-hybridized carbons (Fsp3) is 0.400. The molecular weight excluding hydrogens is 286 g/mol. The quantitative estimate of drug-likeness (QED) is 0.831. The van der Waals surface area contributed by atoms with Crippen molar-refractivity contribution in [3.63, 3.8) is 0 Å². The summed E-state index contributed by atoms with van der Waals surface area (Å²) < 4.78 is 5.56. The van der Waals surface area contributed by atoms with Gasteiger partial charge in [-0.2, -0.15) is 0 Å². The molecule has 1 N–H and O–H groups in total. The largest absolute Gasteiger partial charge is 0.411 e. The average Bonchev–Trinajstić information content (AvgIpc) is 3.20. The number of nitrogens with one attached hydrogen (secondary N) is 1. The van der Waals surface area contributed by atoms with Crippen molar-refractivity contribution < 1.29 is 9.21 Å². The summed E-state index contributed by atoms with van der Waals surface area (Å²) in [5, 5.41) is 11.3. The summed E-state index contributed by atoms with van der Waals surface area (Å²) in [5.74, 6) is 1.50. The van der Waals surface area contributed by atoms with Gasteiger partial charge in [0.1, 0.15) is 0 Å². The van der Waals surface area contributed by atoms with Crippen LogP contribution in [-0.4, -0.2) is 28.4 Å². The lowest BCUT2D eigenvalue weighted by Gasteiger charge is -2.01. The molecule has 1 amide bonds. The zero-order chi connectivity index (χ0) is 14.7. The summed E-state index contributed by atoms with van der Waals surface area (Å²) in [5.41, 5.74) is 2.07. The molecule has 0 saturated heterocycles. The Morgan fingerprint density at radius 3 is 2.81 bits per heavy atom. The summed E-state index contributed by atoms with van der Waals surface area (Å²) in [6.45, 7) is 2.82. The van der Waals surface area contributed by atoms with Crippen LogP contribution in [0.4, 0.5) is 0 Å². The third-order valence-electron chi connectivity index (χ3n) is 3.32. The molecule has 2 aromatic rings. The van der Waals surface area contributed by atoms with Gasteiger partial charge in [0.05, 0.1) is 5.75 Å². The first-order valence-corrected chi connectivity index (χ1v) is 7.99. The molecule has 1 aliphatic rings. The first kappa shape index (κ1) is 14.1. The molecule has 6 heteroatoms. The van der Waals surface area contributed by atoms with Crippen LogP contribution in [0, 0.1) is 12.8 Å². The van der Waals surface area contributed by atoms with E-state index in [1.54, 1.807) is 0 Å². The van der Waals surface area contributed by atoms with Gasteiger partial charge in [-0.15, -0.1) is 10.2 Å². The summed E-state index contributed by atoms with van der Waals surface area (Å²) >= 11 is 1.27. The van der Waals surface area contributed by atoms with Crippen molar-refractivity contribution in [1.29, 1.82) is 0 Å². The number of rotatable bonds is 6. The monoisotopic (exact) mass is 303 g/mol. The van der Waals surface area contributed by atoms with Crippen LogP contribution in [0.15, 0.2) is 33.9 Å². The maximum atomic E-state index is 11.6. The zero-order valence-corrected chi connectivity index (χ0v) is 12.7. The molecule has 0 bridgehead atoms. The Morgan fingerprint density at radius 1 is 1.33 bits per heavy atom. The second-order valence-corrected chi connectivity index (χ2v) is 6.20. The number of hydrogen-bond donors (Lipinski definition) is 1. The van der Waals surface area contributed by atoms with Crippen molar-refractivity contribution in [2.24, 2.45) is 5.92 Å². The van der Waals surface area contributed by atoms with E-state index in [0.717, 1.165) is 12.1 Å². The van der Waals surface area contributed by atoms with Crippen molar-refractivity contribution in [1.82, 2.24) is 15.5 Å². The number of benzene rings is 1. The Bertz CT molecular complexity index is 620. The molecule has 0 unspecified atom stereocenters. The van der Waals surface area contributed by atoms with Gasteiger partial charge >= 0.3 is 0 Å². The minimum absolute atomic E-state index is 0.0157. The maximum Gasteiger partial charge on any atom is 0.277 e. The molecule has 0 atom stereocenters. The SMILES string of the molecule is Cc1ccc(-c2nnc(SCC(=O)NCC3CC3)o2)cc1. The van der Waals surface area contributed by atoms with Crippen LogP contribution in [0.1, 0.15) is 18.4 Å². The lowest BCUT2D eigenvalue weighted by Crippen LogP contribution is -2.27. The molecule has 21 heavy (non-hydrogen) atoms. The van der Waals surface area contributed by atoms with Gasteiger partial charge in [-0.3, -0.25) is 4.79 Å². The second kappa shape index (κ2) is 6.30. The van der Waals surface area contributed by atoms with Gasteiger partial charge in [0.2, 0.25) is 11.8 Å². The Kier molecular flexibility index (Phi) is 4.24. The van der Waals surface area contributed by atoms with E-state index in [-0.39, 0.29) is 5.91 Å². The summed E-state index contributed by atoms with van der Waals surface area (Å²) in [7, 11) is 0. The van der Waals surface area contributed by atoms with E-state index in [9.17, 15) is 4.79 Å². The molecule has 0 aliphatic heterocycles. The number of amides is 1. The van der Waals surface area contributed by atoms with Crippen molar-refractivity contribution in [3.8, 4) is 11.5 Å². The van der Waals surface area contributed by atoms with Crippen LogP contribution in [0.5, 0.6) is 0 Å². The van der Waals surface area contributed by atoms with Crippen LogP contribution in [0.3, 0.4) is 0 Å². The van der Waals surface area contributed by atoms with Crippen molar-refractivity contribution in [2.45, 2.75) is 25.0 Å². The first-order valence-electron chi connectivity index (χ1n) is 7.01. The molecule has 0 radical (unpaired) electrons. The fourth-order valence-corrected chi connectivity index (χ4v) is 2.43. The highest BCUT2D eigenvalue weighted by molar-refractivity contribution is 7.99. The number of nitrogens with zero attached hydrogens (tertiary/aromatic N) is 2. The molecule has 1 saturated carbocycles. The van der Waals surface area contributed by atoms with Gasteiger partial charge in [0.25, 0.3) is 5.22 Å². The molecule has 1 fully saturated rings. The van der Waals surface area contributed by atoms with Crippen LogP contribution < -0.4 is 5.32 Å². The number of thioether (sulfide) groups is 1. The summed E-state index contributed by atoms with van der Waals surface area (Å²) in [6.07, 6.45) is 2.47. The molecule has 0 spiro atoms. The Balaban J connectivity index is 1.52. The highest BCUT2D eigenvalue weighted by Crippen LogP contribution is 2.27. The van der Waals surface area contributed by atoms with Gasteiger partial charge in [-0.25, -0.2) is 0 Å². The van der Waals surface area contributed by atoms with Gasteiger partial charge in [0.15, 0.2) is 0 Å². The summed E-state index contributed by atoms with van der Waals surface area (Å²) in [6, 6.07) is 7.88. The molecule has 1 aromatic carbocycles. The van der Waals surface area contributed by atoms with Gasteiger partial charge in [0, 0.05) is 12.1 Å². The molecule has 5 nitrogen and oxygen atoms in total. The predicted molar refractivity (Wildman–Crippen MR) is 80.9 cm³/mol. The highest BCUT2D eigenvalue weighted by atomic mass is 32.2. The highest BCUT2D eigenvalue weighted by Gasteiger charge is 2.21. The van der Waals surface area contributed by atoms with E-state index < -0.39 is 0 Å². The lowest BCUT2D eigenvalue weighted by molar-refractivity contribution is -0.118. The third kappa shape index (κ3) is 4.07. The number of aromatic nitrogens is 2. The van der Waals surface area contributed by atoms with E-state index in [1.807, 2.05) is 31.2 Å². The topological polar surface area (TPSA) is 68.0 Å². The van der Waals surface area contributed by atoms with Crippen molar-refractivity contribution in [3.05, 3.63) is 29.8 Å². The van der Waals surface area contributed by atoms with Crippen molar-refractivity contribution >= 4 is 17.7 Å². The number of aryl methyl sites for hydroxylation is 1. The molecule has 1 heterocycles. The fourth-order valence-electron chi connectivity index (χ4n) is 1.84. The molecule has 110 valence electrons. The normalized spacial score (nSPS) is 14.1. The van der Waals surface area contributed by atoms with E-state index >= 15 is 0 Å². The Hall–Kier alpha value is -1.82. The van der Waals surface area contributed by atoms with E-state index in [4.69, 9.17) is 4.42 Å². The van der Waals surface area contributed by atoms with Gasteiger partial charge in [-0.05, 0) is 37.8 Å². The van der Waals surface area contributed by atoms with Crippen LogP contribution in [0.2, 0.25) is 0 Å². The first-order chi connectivity index (χ1) is 10.2. The smallest absolute Gasteiger partial charge is 0.277 e. The van der Waals surface area contributed by atoms with E-state index in [0.29, 0.717) is 22.8 Å². The van der Waals surface area contributed by atoms with E-state index in [1.165, 1.54) is 30.2 Å². The molecule has 1 aromatic heterocycles. The Morgan fingerprint density at radius 2 is 2.10 bits per heavy atom. The number of carbonyl (C=O) groups excluding carboxylic acids is 1. The second-order valence-electron chi connectivity index (χ2n) is 5.28. The molecule has 1 aliphatic carbocycles. The summed E-state index contributed by atoms with van der Waals surface area (Å²) in [4.78, 5) is 11.6. The third-order valence-corrected chi connectivity index (χ3v) is 4.14. The van der Waals surface area contributed by atoms with Gasteiger partial charge < -0.3 is 9.73 Å². The predicted octanol–water partition coefficient (Wildman–Crippen LogP) is 2.66. The minimum Gasteiger partial charge on any atom is -0.411 e. The maximum absolute atomic E-state index is 11.6. The van der Waals surface area contributed by atoms with E-state index in [2.05, 4.69) is 15.5 Å². The molecule has 3 rings (SSSR count). The number of hydrogen-bond acceptors (Lipinski definition) is 5. The van der Waals surface area contributed by atoms with Crippen LogP contribution in [-0.2, 0) is 4.79 Å². The van der Waals surface area contributed by atoms with Crippen LogP contribution in [0.25, 0.3) is 11.5 Å². The lowest BCUT2D eigenvalue weighted by atomic mass is 10.1. The number of carbonyl (C=O) groups is 1. The van der Waals surface area contributed by atoms with Gasteiger partial charge in [-0.1, -0.05) is 29.5 Å². The Labute approximate surface area is 127 Å². The zero-order valence-electron chi connectivity index (χ0n) is 11.8. The molecular formula is C15H17N3O2S. The van der Waals surface area contributed by atoms with Crippen LogP contribution >= 0.6 is 11.8 Å². The standard InChI is InChI=1S/C15H17N3O2S/c1-10-2-6-12(7-3-10)14-17-18-15(20-14)21-9-13(19)16-8-11-4-5-11/h2-3,6-7,11H,4-5,8-9H2,1H3,(H,16,19).